The highest BCUT2D eigenvalue weighted by Gasteiger charge is 2.23. The van der Waals surface area contributed by atoms with Crippen molar-refractivity contribution in [1.29, 1.82) is 5.26 Å². The number of hydrogen-bond donors (Lipinski definition) is 2. The fourth-order valence-electron chi connectivity index (χ4n) is 2.23. The van der Waals surface area contributed by atoms with Crippen LogP contribution >= 0.6 is 0 Å². The minimum absolute atomic E-state index is 0.0913. The van der Waals surface area contributed by atoms with Gasteiger partial charge in [-0.1, -0.05) is 30.3 Å². The molecule has 2 N–H and O–H groups in total. The number of ketones is 1. The number of Topliss-reactive ketones (excluding diaryl/α,β-unsaturated/α-hetero) is 1. The molecule has 0 spiro atoms. The molecule has 0 aliphatic carbocycles. The first-order valence-corrected chi connectivity index (χ1v) is 7.01. The van der Waals surface area contributed by atoms with E-state index in [1.807, 2.05) is 36.4 Å². The molecule has 2 aromatic carbocycles. The molecule has 4 heteroatoms. The van der Waals surface area contributed by atoms with E-state index in [1.54, 1.807) is 25.1 Å². The Morgan fingerprint density at radius 1 is 1.27 bits per heavy atom. The van der Waals surface area contributed by atoms with Gasteiger partial charge in [0, 0.05) is 17.8 Å². The Labute approximate surface area is 130 Å². The summed E-state index contributed by atoms with van der Waals surface area (Å²) in [5.41, 5.74) is 1.22. The average Bonchev–Trinajstić information content (AvgIpc) is 2.53. The van der Waals surface area contributed by atoms with Gasteiger partial charge in [-0.05, 0) is 37.6 Å². The van der Waals surface area contributed by atoms with E-state index < -0.39 is 5.60 Å². The summed E-state index contributed by atoms with van der Waals surface area (Å²) < 4.78 is 0. The number of carbonyl (C=O) groups excluding carboxylic acids is 1. The highest BCUT2D eigenvalue weighted by atomic mass is 16.3. The molecule has 2 aromatic rings. The maximum atomic E-state index is 11.7. The van der Waals surface area contributed by atoms with Gasteiger partial charge in [0.05, 0.1) is 11.6 Å². The van der Waals surface area contributed by atoms with E-state index in [4.69, 9.17) is 5.26 Å². The lowest BCUT2D eigenvalue weighted by atomic mass is 9.95. The monoisotopic (exact) mass is 294 g/mol. The number of anilines is 1. The molecule has 0 aliphatic heterocycles. The molecule has 1 unspecified atom stereocenters. The number of benzene rings is 2. The van der Waals surface area contributed by atoms with E-state index in [1.165, 1.54) is 6.92 Å². The average molecular weight is 294 g/mol. The summed E-state index contributed by atoms with van der Waals surface area (Å²) in [5.74, 6) is -0.0913. The summed E-state index contributed by atoms with van der Waals surface area (Å²) in [6.45, 7) is 3.41. The molecule has 0 heterocycles. The van der Waals surface area contributed by atoms with Crippen molar-refractivity contribution in [3.8, 4) is 6.07 Å². The fraction of sp³-hybridized carbons (Fsp3) is 0.222. The van der Waals surface area contributed by atoms with Gasteiger partial charge in [0.2, 0.25) is 0 Å². The Hall–Kier alpha value is -2.64. The van der Waals surface area contributed by atoms with Crippen LogP contribution in [0.3, 0.4) is 0 Å². The lowest BCUT2D eigenvalue weighted by molar-refractivity contribution is 0.0714. The quantitative estimate of drug-likeness (QED) is 0.831. The minimum Gasteiger partial charge on any atom is -0.384 e. The molecule has 2 rings (SSSR count). The highest BCUT2D eigenvalue weighted by molar-refractivity contribution is 5.99. The molecule has 0 saturated heterocycles. The van der Waals surface area contributed by atoms with Crippen molar-refractivity contribution in [2.75, 3.05) is 11.9 Å². The zero-order chi connectivity index (χ0) is 16.2. The number of carbonyl (C=O) groups is 1. The van der Waals surface area contributed by atoms with Crippen LogP contribution in [0.1, 0.15) is 35.3 Å². The van der Waals surface area contributed by atoms with E-state index >= 15 is 0 Å². The molecular weight excluding hydrogens is 276 g/mol. The summed E-state index contributed by atoms with van der Waals surface area (Å²) in [6, 6.07) is 16.2. The van der Waals surface area contributed by atoms with Gasteiger partial charge in [-0.2, -0.15) is 5.26 Å². The molecule has 0 fully saturated rings. The van der Waals surface area contributed by atoms with Crippen LogP contribution in [0, 0.1) is 11.3 Å². The summed E-state index contributed by atoms with van der Waals surface area (Å²) >= 11 is 0. The molecule has 0 radical (unpaired) electrons. The number of rotatable bonds is 5. The van der Waals surface area contributed by atoms with Gasteiger partial charge in [0.15, 0.2) is 5.78 Å². The summed E-state index contributed by atoms with van der Waals surface area (Å²) in [4.78, 5) is 11.7. The summed E-state index contributed by atoms with van der Waals surface area (Å²) in [7, 11) is 0. The van der Waals surface area contributed by atoms with E-state index in [0.717, 1.165) is 5.56 Å². The first-order chi connectivity index (χ1) is 10.4. The van der Waals surface area contributed by atoms with Crippen LogP contribution in [0.25, 0.3) is 0 Å². The SMILES string of the molecule is CC(=O)c1ccc(C#N)cc1NCC(C)(O)c1ccccc1. The topological polar surface area (TPSA) is 73.1 Å². The first-order valence-electron chi connectivity index (χ1n) is 7.01. The maximum absolute atomic E-state index is 11.7. The zero-order valence-corrected chi connectivity index (χ0v) is 12.6. The van der Waals surface area contributed by atoms with Crippen molar-refractivity contribution >= 4 is 11.5 Å². The number of nitrogens with one attached hydrogen (secondary N) is 1. The molecule has 22 heavy (non-hydrogen) atoms. The van der Waals surface area contributed by atoms with E-state index in [0.29, 0.717) is 16.8 Å². The van der Waals surface area contributed by atoms with Gasteiger partial charge in [-0.25, -0.2) is 0 Å². The predicted octanol–water partition coefficient (Wildman–Crippen LogP) is 3.08. The van der Waals surface area contributed by atoms with Gasteiger partial charge in [-0.15, -0.1) is 0 Å². The maximum Gasteiger partial charge on any atom is 0.161 e. The highest BCUT2D eigenvalue weighted by Crippen LogP contribution is 2.23. The van der Waals surface area contributed by atoms with Crippen LogP contribution in [0.2, 0.25) is 0 Å². The molecule has 112 valence electrons. The predicted molar refractivity (Wildman–Crippen MR) is 85.7 cm³/mol. The van der Waals surface area contributed by atoms with Crippen molar-refractivity contribution in [3.05, 3.63) is 65.2 Å². The molecular formula is C18H18N2O2. The third-order valence-corrected chi connectivity index (χ3v) is 3.55. The van der Waals surface area contributed by atoms with Crippen LogP contribution in [0.15, 0.2) is 48.5 Å². The normalized spacial score (nSPS) is 13.0. The summed E-state index contributed by atoms with van der Waals surface area (Å²) in [5, 5.41) is 22.7. The largest absolute Gasteiger partial charge is 0.384 e. The second-order valence-electron chi connectivity index (χ2n) is 5.42. The third kappa shape index (κ3) is 3.51. The lowest BCUT2D eigenvalue weighted by Crippen LogP contribution is -2.31. The van der Waals surface area contributed by atoms with Crippen LogP contribution in [-0.2, 0) is 5.60 Å². The molecule has 0 amide bonds. The zero-order valence-electron chi connectivity index (χ0n) is 12.6. The molecule has 0 saturated carbocycles. The van der Waals surface area contributed by atoms with Gasteiger partial charge >= 0.3 is 0 Å². The number of nitriles is 1. The Morgan fingerprint density at radius 3 is 2.55 bits per heavy atom. The Bertz CT molecular complexity index is 716. The Morgan fingerprint density at radius 2 is 1.95 bits per heavy atom. The number of aliphatic hydroxyl groups is 1. The molecule has 0 bridgehead atoms. The van der Waals surface area contributed by atoms with Crippen LogP contribution in [-0.4, -0.2) is 17.4 Å². The minimum atomic E-state index is -1.09. The van der Waals surface area contributed by atoms with Gasteiger partial charge in [-0.3, -0.25) is 4.79 Å². The molecule has 1 atom stereocenters. The second kappa shape index (κ2) is 6.42. The first kappa shape index (κ1) is 15.7. The molecule has 4 nitrogen and oxygen atoms in total. The number of hydrogen-bond acceptors (Lipinski definition) is 4. The smallest absolute Gasteiger partial charge is 0.161 e. The third-order valence-electron chi connectivity index (χ3n) is 3.55. The van der Waals surface area contributed by atoms with Crippen LogP contribution in [0.5, 0.6) is 0 Å². The van der Waals surface area contributed by atoms with Crippen molar-refractivity contribution in [3.63, 3.8) is 0 Å². The second-order valence-corrected chi connectivity index (χ2v) is 5.42. The Balaban J connectivity index is 2.24. The van der Waals surface area contributed by atoms with E-state index in [-0.39, 0.29) is 12.3 Å². The van der Waals surface area contributed by atoms with Crippen molar-refractivity contribution < 1.29 is 9.90 Å². The van der Waals surface area contributed by atoms with Gasteiger partial charge in [0.1, 0.15) is 5.60 Å². The van der Waals surface area contributed by atoms with Crippen molar-refractivity contribution in [2.45, 2.75) is 19.4 Å². The standard InChI is InChI=1S/C18H18N2O2/c1-13(21)16-9-8-14(11-19)10-17(16)20-12-18(2,22)15-6-4-3-5-7-15/h3-10,20,22H,12H2,1-2H3. The van der Waals surface area contributed by atoms with Crippen molar-refractivity contribution in [1.82, 2.24) is 0 Å². The Kier molecular flexibility index (Phi) is 4.59. The van der Waals surface area contributed by atoms with Crippen LogP contribution in [0.4, 0.5) is 5.69 Å². The van der Waals surface area contributed by atoms with Gasteiger partial charge < -0.3 is 10.4 Å². The number of nitrogens with zero attached hydrogens (tertiary/aromatic N) is 1. The molecule has 0 aromatic heterocycles. The van der Waals surface area contributed by atoms with E-state index in [2.05, 4.69) is 5.32 Å². The summed E-state index contributed by atoms with van der Waals surface area (Å²) in [6.07, 6.45) is 0. The fourth-order valence-corrected chi connectivity index (χ4v) is 2.23. The lowest BCUT2D eigenvalue weighted by Gasteiger charge is -2.25. The van der Waals surface area contributed by atoms with Gasteiger partial charge in [0.25, 0.3) is 0 Å². The van der Waals surface area contributed by atoms with Crippen molar-refractivity contribution in [2.24, 2.45) is 0 Å². The van der Waals surface area contributed by atoms with E-state index in [9.17, 15) is 9.90 Å². The van der Waals surface area contributed by atoms with Crippen LogP contribution < -0.4 is 5.32 Å². The molecule has 0 aliphatic rings.